The molecule has 0 aromatic heterocycles. The zero-order valence-electron chi connectivity index (χ0n) is 29.9. The number of rotatable bonds is 5. The van der Waals surface area contributed by atoms with E-state index in [4.69, 9.17) is 6.42 Å². The summed E-state index contributed by atoms with van der Waals surface area (Å²) in [6.07, 6.45) is 23.6. The van der Waals surface area contributed by atoms with Crippen molar-refractivity contribution in [3.8, 4) is 12.3 Å². The van der Waals surface area contributed by atoms with Crippen LogP contribution in [0.2, 0.25) is 0 Å². The predicted octanol–water partition coefficient (Wildman–Crippen LogP) is 5.56. The summed E-state index contributed by atoms with van der Waals surface area (Å²) in [5.74, 6) is 2.98. The minimum Gasteiger partial charge on any atom is -0.550 e. The van der Waals surface area contributed by atoms with E-state index in [1.54, 1.807) is 0 Å². The molecule has 0 bridgehead atoms. The van der Waals surface area contributed by atoms with E-state index >= 15 is 0 Å². The molecule has 14 atom stereocenters. The minimum absolute atomic E-state index is 0.0306. The van der Waals surface area contributed by atoms with Gasteiger partial charge in [-0.15, -0.1) is 6.42 Å². The number of carboxylic acids is 2. The van der Waals surface area contributed by atoms with E-state index in [0.717, 1.165) is 83.5 Å². The minimum atomic E-state index is -1.50. The molecule has 0 aromatic rings. The van der Waals surface area contributed by atoms with Gasteiger partial charge in [0.2, 0.25) is 0 Å². The summed E-state index contributed by atoms with van der Waals surface area (Å²) in [6.45, 7) is 6.87. The molecule has 6 saturated carbocycles. The number of terminal acetylenes is 1. The highest BCUT2D eigenvalue weighted by Gasteiger charge is 2.65. The third kappa shape index (κ3) is 4.51. The van der Waals surface area contributed by atoms with Gasteiger partial charge in [-0.3, -0.25) is 4.79 Å². The number of fused-ring (bicyclic) bond motifs is 10. The van der Waals surface area contributed by atoms with Gasteiger partial charge >= 0.3 is 0 Å². The first kappa shape index (κ1) is 33.7. The van der Waals surface area contributed by atoms with E-state index in [2.05, 4.69) is 32.8 Å². The Hall–Kier alpha value is -2.39. The Labute approximate surface area is 293 Å². The van der Waals surface area contributed by atoms with E-state index in [-0.39, 0.29) is 33.9 Å². The molecule has 0 amide bonds. The van der Waals surface area contributed by atoms with E-state index in [1.807, 2.05) is 6.08 Å². The number of aliphatic carboxylic acids is 2. The Morgan fingerprint density at radius 3 is 2.35 bits per heavy atom. The number of hydrogen-bond acceptors (Lipinski definition) is 6. The summed E-state index contributed by atoms with van der Waals surface area (Å²) in [6, 6.07) is 0. The van der Waals surface area contributed by atoms with Gasteiger partial charge in [-0.1, -0.05) is 43.9 Å². The van der Waals surface area contributed by atoms with Crippen molar-refractivity contribution in [2.75, 3.05) is 0 Å². The van der Waals surface area contributed by atoms with Crippen LogP contribution in [0.5, 0.6) is 0 Å². The first-order valence-electron chi connectivity index (χ1n) is 19.8. The number of ketones is 1. The molecule has 1 N–H and O–H groups in total. The van der Waals surface area contributed by atoms with E-state index < -0.39 is 29.4 Å². The second-order valence-corrected chi connectivity index (χ2v) is 19.0. The molecule has 266 valence electrons. The van der Waals surface area contributed by atoms with Crippen LogP contribution in [-0.2, 0) is 14.4 Å². The van der Waals surface area contributed by atoms with Crippen molar-refractivity contribution >= 4 is 17.7 Å². The molecule has 8 aliphatic carbocycles. The number of aliphatic hydroxyl groups is 1. The zero-order chi connectivity index (χ0) is 34.7. The SMILES string of the molecule is C#C[C@]1(O)CC[C@H]2[C@@H]3CCC4=C[C@@H](C(CC(=O)[O-])(C(=O)[O-])[C@H]5CC[C@H]6[C@@H]7CCC8=CC(=O)CC[C@]8(C)[C@H]7CC[C@]56C)CC[C@@H]4[C@H]3CC[C@@]21C. The number of hydrogen-bond donors (Lipinski definition) is 1. The second-order valence-electron chi connectivity index (χ2n) is 19.0. The third-order valence-corrected chi connectivity index (χ3v) is 17.9. The lowest BCUT2D eigenvalue weighted by Crippen LogP contribution is -2.59. The smallest absolute Gasteiger partial charge is 0.155 e. The molecule has 0 radical (unpaired) electrons. The van der Waals surface area contributed by atoms with Gasteiger partial charge in [0.1, 0.15) is 5.60 Å². The molecule has 0 spiro atoms. The van der Waals surface area contributed by atoms with E-state index in [0.29, 0.717) is 60.7 Å². The Bertz CT molecular complexity index is 1550. The van der Waals surface area contributed by atoms with Gasteiger partial charge < -0.3 is 24.9 Å². The fourth-order valence-corrected chi connectivity index (χ4v) is 15.5. The van der Waals surface area contributed by atoms with Gasteiger partial charge in [0, 0.05) is 29.2 Å². The summed E-state index contributed by atoms with van der Waals surface area (Å²) in [4.78, 5) is 38.7. The first-order chi connectivity index (χ1) is 23.2. The lowest BCUT2D eigenvalue weighted by atomic mass is 9.44. The Balaban J connectivity index is 1.09. The summed E-state index contributed by atoms with van der Waals surface area (Å²) < 4.78 is 0. The summed E-state index contributed by atoms with van der Waals surface area (Å²) in [5, 5.41) is 37.8. The van der Waals surface area contributed by atoms with Gasteiger partial charge in [-0.2, -0.15) is 0 Å². The zero-order valence-corrected chi connectivity index (χ0v) is 29.9. The molecule has 0 aliphatic heterocycles. The molecule has 8 rings (SSSR count). The molecule has 6 fully saturated rings. The molecule has 0 aromatic carbocycles. The Kier molecular flexibility index (Phi) is 7.78. The van der Waals surface area contributed by atoms with Gasteiger partial charge in [0.05, 0.1) is 0 Å². The highest BCUT2D eigenvalue weighted by molar-refractivity contribution is 5.91. The van der Waals surface area contributed by atoms with Crippen molar-refractivity contribution in [3.63, 3.8) is 0 Å². The summed E-state index contributed by atoms with van der Waals surface area (Å²) >= 11 is 0. The van der Waals surface area contributed by atoms with Crippen LogP contribution in [0, 0.1) is 87.3 Å². The molecule has 8 aliphatic rings. The monoisotopic (exact) mass is 668 g/mol. The molecular weight excluding hydrogens is 612 g/mol. The van der Waals surface area contributed by atoms with Crippen molar-refractivity contribution in [1.82, 2.24) is 0 Å². The third-order valence-electron chi connectivity index (χ3n) is 17.9. The van der Waals surface area contributed by atoms with Gasteiger partial charge in [0.15, 0.2) is 5.78 Å². The van der Waals surface area contributed by atoms with Crippen molar-refractivity contribution in [3.05, 3.63) is 23.3 Å². The van der Waals surface area contributed by atoms with Crippen LogP contribution in [0.1, 0.15) is 130 Å². The number of allylic oxidation sites excluding steroid dienone is 3. The number of carbonyl (C=O) groups excluding carboxylic acids is 3. The van der Waals surface area contributed by atoms with Crippen LogP contribution in [0.3, 0.4) is 0 Å². The lowest BCUT2D eigenvalue weighted by molar-refractivity contribution is -0.336. The average Bonchev–Trinajstić information content (AvgIpc) is 3.57. The van der Waals surface area contributed by atoms with E-state index in [9.17, 15) is 29.7 Å². The van der Waals surface area contributed by atoms with Crippen molar-refractivity contribution in [2.24, 2.45) is 74.9 Å². The van der Waals surface area contributed by atoms with Gasteiger partial charge in [-0.05, 0) is 173 Å². The highest BCUT2D eigenvalue weighted by atomic mass is 16.4. The predicted molar refractivity (Wildman–Crippen MR) is 182 cm³/mol. The molecule has 1 unspecified atom stereocenters. The van der Waals surface area contributed by atoms with Crippen LogP contribution in [0.4, 0.5) is 0 Å². The van der Waals surface area contributed by atoms with Crippen LogP contribution in [0.25, 0.3) is 0 Å². The lowest BCUT2D eigenvalue weighted by Gasteiger charge is -2.61. The largest absolute Gasteiger partial charge is 0.550 e. The van der Waals surface area contributed by atoms with Crippen LogP contribution < -0.4 is 10.2 Å². The first-order valence-corrected chi connectivity index (χ1v) is 19.8. The molecule has 6 heteroatoms. The normalized spacial score (nSPS) is 49.7. The molecule has 0 heterocycles. The van der Waals surface area contributed by atoms with Crippen molar-refractivity contribution in [1.29, 1.82) is 0 Å². The highest BCUT2D eigenvalue weighted by Crippen LogP contribution is 2.71. The Morgan fingerprint density at radius 1 is 0.857 bits per heavy atom. The van der Waals surface area contributed by atoms with Crippen LogP contribution in [-0.4, -0.2) is 28.4 Å². The van der Waals surface area contributed by atoms with Crippen molar-refractivity contribution in [2.45, 2.75) is 136 Å². The second kappa shape index (κ2) is 11.3. The quantitative estimate of drug-likeness (QED) is 0.303. The van der Waals surface area contributed by atoms with Gasteiger partial charge in [-0.25, -0.2) is 0 Å². The standard InChI is InChI=1S/C43H58O6/c1-5-42(49)21-17-35-31-9-6-25-22-27(8-10-29(25)30(31)15-20-41(35,42)4)43(38(47)48,24-37(45)46)36-13-12-33-32-11-7-26-23-28(44)14-18-39(26,2)34(32)16-19-40(33,36)3/h1,22-23,27,29-36,49H,6-21,24H2,2-4H3,(H,45,46)(H,47,48)/p-2/t27-,29-,30+,31+,32-,33-,34-,35-,36-,39-,40-,41-,42-,43?/m0/s1. The molecule has 6 nitrogen and oxygen atoms in total. The average molecular weight is 669 g/mol. The topological polar surface area (TPSA) is 118 Å². The number of carbonyl (C=O) groups is 3. The van der Waals surface area contributed by atoms with Crippen molar-refractivity contribution < 1.29 is 29.7 Å². The van der Waals surface area contributed by atoms with Crippen LogP contribution in [0.15, 0.2) is 23.3 Å². The van der Waals surface area contributed by atoms with Crippen LogP contribution >= 0.6 is 0 Å². The maximum Gasteiger partial charge on any atom is 0.155 e. The molecule has 49 heavy (non-hydrogen) atoms. The fraction of sp³-hybridized carbons (Fsp3) is 0.791. The molecular formula is C43H56O6-2. The fourth-order valence-electron chi connectivity index (χ4n) is 15.5. The molecule has 0 saturated heterocycles. The van der Waals surface area contributed by atoms with E-state index in [1.165, 1.54) is 11.1 Å². The maximum atomic E-state index is 13.7. The van der Waals surface area contributed by atoms with Gasteiger partial charge in [0.25, 0.3) is 0 Å². The summed E-state index contributed by atoms with van der Waals surface area (Å²) in [7, 11) is 0. The number of carboxylic acid groups (broad SMARTS) is 2. The maximum absolute atomic E-state index is 13.7. The Morgan fingerprint density at radius 2 is 1.61 bits per heavy atom. The summed E-state index contributed by atoms with van der Waals surface area (Å²) in [5.41, 5.74) is -0.374.